The molecule has 0 aromatic heterocycles. The van der Waals surface area contributed by atoms with Crippen molar-refractivity contribution >= 4 is 14.0 Å². The molecule has 1 aliphatic heterocycles. The lowest BCUT2D eigenvalue weighted by Crippen LogP contribution is -2.30. The molecular weight excluding hydrogens is 252 g/mol. The van der Waals surface area contributed by atoms with Crippen molar-refractivity contribution < 1.29 is 9.53 Å². The van der Waals surface area contributed by atoms with Crippen molar-refractivity contribution in [1.82, 2.24) is 0 Å². The minimum atomic E-state index is -1.29. The molecule has 1 aromatic rings. The normalized spacial score (nSPS) is 18.4. The molecule has 0 atom stereocenters. The van der Waals surface area contributed by atoms with Crippen LogP contribution in [0.15, 0.2) is 42.1 Å². The molecule has 3 heteroatoms. The van der Waals surface area contributed by atoms with Gasteiger partial charge in [0.25, 0.3) is 0 Å². The van der Waals surface area contributed by atoms with E-state index in [1.165, 1.54) is 31.4 Å². The van der Waals surface area contributed by atoms with E-state index in [1.807, 2.05) is 30.3 Å². The first-order valence-corrected chi connectivity index (χ1v) is 10.1. The fourth-order valence-electron chi connectivity index (χ4n) is 2.57. The fraction of sp³-hybridized carbons (Fsp3) is 0.438. The van der Waals surface area contributed by atoms with Gasteiger partial charge in [-0.3, -0.25) is 0 Å². The third-order valence-electron chi connectivity index (χ3n) is 3.84. The number of hydrogen-bond acceptors (Lipinski definition) is 2. The van der Waals surface area contributed by atoms with Crippen molar-refractivity contribution in [1.29, 1.82) is 0 Å². The van der Waals surface area contributed by atoms with Crippen molar-refractivity contribution in [2.24, 2.45) is 0 Å². The lowest BCUT2D eigenvalue weighted by molar-refractivity contribution is -0.139. The summed E-state index contributed by atoms with van der Waals surface area (Å²) in [4.78, 5) is 11.7. The van der Waals surface area contributed by atoms with Crippen LogP contribution in [0, 0.1) is 0 Å². The Morgan fingerprint density at radius 3 is 2.58 bits per heavy atom. The first kappa shape index (κ1) is 14.1. The van der Waals surface area contributed by atoms with Crippen molar-refractivity contribution in [3.63, 3.8) is 0 Å². The Kier molecular flexibility index (Phi) is 4.97. The summed E-state index contributed by atoms with van der Waals surface area (Å²) in [6, 6.07) is 12.4. The van der Waals surface area contributed by atoms with E-state index in [4.69, 9.17) is 4.74 Å². The second-order valence-corrected chi connectivity index (χ2v) is 10.3. The van der Waals surface area contributed by atoms with Crippen LogP contribution < -0.4 is 0 Å². The second-order valence-electron chi connectivity index (χ2n) is 5.64. The van der Waals surface area contributed by atoms with E-state index in [2.05, 4.69) is 12.2 Å². The summed E-state index contributed by atoms with van der Waals surface area (Å²) in [6.07, 6.45) is 5.67. The summed E-state index contributed by atoms with van der Waals surface area (Å²) in [5.41, 5.74) is 3.21. The average Bonchev–Trinajstić information content (AvgIpc) is 2.45. The molecule has 0 bridgehead atoms. The summed E-state index contributed by atoms with van der Waals surface area (Å²) in [7, 11) is -1.29. The van der Waals surface area contributed by atoms with Crippen LogP contribution in [0.25, 0.3) is 0 Å². The van der Waals surface area contributed by atoms with Gasteiger partial charge in [0.2, 0.25) is 0 Å². The van der Waals surface area contributed by atoms with Gasteiger partial charge in [-0.1, -0.05) is 73.9 Å². The van der Waals surface area contributed by atoms with Crippen LogP contribution >= 0.6 is 0 Å². The van der Waals surface area contributed by atoms with Crippen LogP contribution in [-0.2, 0) is 16.1 Å². The lowest BCUT2D eigenvalue weighted by Gasteiger charge is -2.27. The van der Waals surface area contributed by atoms with Crippen LogP contribution in [0.4, 0.5) is 0 Å². The zero-order valence-corrected chi connectivity index (χ0v) is 12.6. The molecule has 0 amide bonds. The number of carbonyl (C=O) groups excluding carboxylic acids is 1. The molecule has 102 valence electrons. The maximum Gasteiger partial charge on any atom is 0.330 e. The Balaban J connectivity index is 1.80. The van der Waals surface area contributed by atoms with E-state index in [9.17, 15) is 4.79 Å². The molecule has 1 aromatic carbocycles. The predicted octanol–water partition coefficient (Wildman–Crippen LogP) is 4.09. The molecular formula is C16H22O2Si. The highest BCUT2D eigenvalue weighted by atomic mass is 28.3. The molecule has 0 radical (unpaired) electrons. The molecule has 0 spiro atoms. The highest BCUT2D eigenvalue weighted by Gasteiger charge is 2.26. The minimum absolute atomic E-state index is 0.205. The zero-order valence-electron chi connectivity index (χ0n) is 11.6. The van der Waals surface area contributed by atoms with Gasteiger partial charge in [-0.2, -0.15) is 0 Å². The lowest BCUT2D eigenvalue weighted by atomic mass is 10.2. The van der Waals surface area contributed by atoms with Gasteiger partial charge in [0.1, 0.15) is 6.61 Å². The van der Waals surface area contributed by atoms with E-state index in [1.54, 1.807) is 6.08 Å². The molecule has 2 nitrogen and oxygen atoms in total. The van der Waals surface area contributed by atoms with Crippen molar-refractivity contribution in [3.8, 4) is 0 Å². The topological polar surface area (TPSA) is 26.3 Å². The first-order chi connectivity index (χ1) is 9.18. The third-order valence-corrected chi connectivity index (χ3v) is 7.80. The summed E-state index contributed by atoms with van der Waals surface area (Å²) >= 11 is 0. The smallest absolute Gasteiger partial charge is 0.330 e. The van der Waals surface area contributed by atoms with E-state index >= 15 is 0 Å². The Labute approximate surface area is 116 Å². The second kappa shape index (κ2) is 6.71. The Bertz CT molecular complexity index is 433. The van der Waals surface area contributed by atoms with E-state index in [0.29, 0.717) is 6.61 Å². The third kappa shape index (κ3) is 4.67. The molecule has 1 heterocycles. The SMILES string of the molecule is C[Si]1(C=CC(=O)OCc2ccccc2)CCCCC1. The first-order valence-electron chi connectivity index (χ1n) is 7.08. The Morgan fingerprint density at radius 1 is 1.21 bits per heavy atom. The number of benzene rings is 1. The number of ether oxygens (including phenoxy) is 1. The number of carbonyl (C=O) groups is 1. The predicted molar refractivity (Wildman–Crippen MR) is 80.5 cm³/mol. The Hall–Kier alpha value is -1.35. The molecule has 1 saturated heterocycles. The monoisotopic (exact) mass is 274 g/mol. The van der Waals surface area contributed by atoms with Gasteiger partial charge in [-0.05, 0) is 5.56 Å². The van der Waals surface area contributed by atoms with Gasteiger partial charge in [0.15, 0.2) is 0 Å². The largest absolute Gasteiger partial charge is 0.458 e. The zero-order chi connectivity index (χ0) is 13.6. The van der Waals surface area contributed by atoms with Gasteiger partial charge in [-0.15, -0.1) is 0 Å². The molecule has 19 heavy (non-hydrogen) atoms. The van der Waals surface area contributed by atoms with Crippen LogP contribution in [-0.4, -0.2) is 14.0 Å². The molecule has 1 fully saturated rings. The molecule has 0 unspecified atom stereocenters. The number of esters is 1. The quantitative estimate of drug-likeness (QED) is 0.469. The van der Waals surface area contributed by atoms with Gasteiger partial charge in [0, 0.05) is 6.08 Å². The summed E-state index contributed by atoms with van der Waals surface area (Å²) in [6.45, 7) is 2.73. The summed E-state index contributed by atoms with van der Waals surface area (Å²) in [5, 5.41) is 0. The maximum absolute atomic E-state index is 11.7. The van der Waals surface area contributed by atoms with Gasteiger partial charge in [-0.25, -0.2) is 4.79 Å². The van der Waals surface area contributed by atoms with Crippen molar-refractivity contribution in [3.05, 3.63) is 47.7 Å². The Morgan fingerprint density at radius 2 is 1.89 bits per heavy atom. The molecule has 0 aliphatic carbocycles. The van der Waals surface area contributed by atoms with Crippen LogP contribution in [0.2, 0.25) is 18.6 Å². The molecule has 2 rings (SSSR count). The van der Waals surface area contributed by atoms with Gasteiger partial charge < -0.3 is 4.74 Å². The van der Waals surface area contributed by atoms with E-state index in [0.717, 1.165) is 5.56 Å². The number of rotatable bonds is 4. The highest BCUT2D eigenvalue weighted by molar-refractivity contribution is 6.83. The van der Waals surface area contributed by atoms with Gasteiger partial charge in [0.05, 0.1) is 8.07 Å². The fourth-order valence-corrected chi connectivity index (χ4v) is 5.81. The van der Waals surface area contributed by atoms with E-state index in [-0.39, 0.29) is 5.97 Å². The van der Waals surface area contributed by atoms with Crippen molar-refractivity contribution in [2.75, 3.05) is 0 Å². The molecule has 0 N–H and O–H groups in total. The highest BCUT2D eigenvalue weighted by Crippen LogP contribution is 2.29. The van der Waals surface area contributed by atoms with Crippen LogP contribution in [0.5, 0.6) is 0 Å². The summed E-state index contributed by atoms with van der Waals surface area (Å²) in [5.74, 6) is -0.205. The standard InChI is InChI=1S/C16H22O2Si/c1-19(11-6-3-7-12-19)13-10-16(17)18-14-15-8-4-2-5-9-15/h2,4-5,8-10,13H,3,6-7,11-12,14H2,1H3. The van der Waals surface area contributed by atoms with E-state index < -0.39 is 8.07 Å². The van der Waals surface area contributed by atoms with Crippen LogP contribution in [0.3, 0.4) is 0 Å². The average molecular weight is 274 g/mol. The van der Waals surface area contributed by atoms with Gasteiger partial charge >= 0.3 is 5.97 Å². The summed E-state index contributed by atoms with van der Waals surface area (Å²) < 4.78 is 5.26. The molecule has 1 aliphatic rings. The van der Waals surface area contributed by atoms with Crippen molar-refractivity contribution in [2.45, 2.75) is 44.5 Å². The number of hydrogen-bond donors (Lipinski definition) is 0. The maximum atomic E-state index is 11.7. The molecule has 0 saturated carbocycles. The van der Waals surface area contributed by atoms with Crippen LogP contribution in [0.1, 0.15) is 24.8 Å². The minimum Gasteiger partial charge on any atom is -0.458 e.